The zero-order valence-corrected chi connectivity index (χ0v) is 18.6. The second-order valence-electron chi connectivity index (χ2n) is 8.54. The first kappa shape index (κ1) is 19.8. The van der Waals surface area contributed by atoms with Crippen LogP contribution >= 0.6 is 0 Å². The molecule has 0 spiro atoms. The zero-order valence-electron chi connectivity index (χ0n) is 18.6. The highest BCUT2D eigenvalue weighted by Crippen LogP contribution is 2.39. The van der Waals surface area contributed by atoms with Crippen molar-refractivity contribution in [3.05, 3.63) is 66.7 Å². The topological polar surface area (TPSA) is 79.8 Å². The number of fused-ring (bicyclic) bond motifs is 2. The lowest BCUT2D eigenvalue weighted by Gasteiger charge is -2.34. The molecule has 4 aromatic heterocycles. The van der Waals surface area contributed by atoms with Gasteiger partial charge < -0.3 is 9.64 Å². The smallest absolute Gasteiger partial charge is 0.130 e. The van der Waals surface area contributed by atoms with Crippen molar-refractivity contribution in [3.63, 3.8) is 0 Å². The van der Waals surface area contributed by atoms with Crippen LogP contribution in [-0.4, -0.2) is 50.9 Å². The van der Waals surface area contributed by atoms with Crippen LogP contribution in [-0.2, 0) is 4.74 Å². The molecule has 7 heteroatoms. The van der Waals surface area contributed by atoms with E-state index >= 15 is 0 Å². The zero-order chi connectivity index (χ0) is 22.4. The number of nitrogens with zero attached hydrogens (tertiary/aromatic N) is 5. The van der Waals surface area contributed by atoms with Crippen LogP contribution in [0.25, 0.3) is 44.2 Å². The summed E-state index contributed by atoms with van der Waals surface area (Å²) in [6, 6.07) is 12.7. The molecule has 6 rings (SSSR count). The number of hydrogen-bond donors (Lipinski definition) is 1. The average Bonchev–Trinajstić information content (AvgIpc) is 3.38. The maximum absolute atomic E-state index is 5.69. The largest absolute Gasteiger partial charge is 0.377 e. The molecule has 1 fully saturated rings. The van der Waals surface area contributed by atoms with Gasteiger partial charge in [-0.15, -0.1) is 0 Å². The predicted molar refractivity (Wildman–Crippen MR) is 130 cm³/mol. The molecular formula is C26H24N6O. The summed E-state index contributed by atoms with van der Waals surface area (Å²) in [7, 11) is 0. The third kappa shape index (κ3) is 3.32. The number of aryl methyl sites for hydroxylation is 1. The standard InChI is InChI=1S/C26H24N6O/c1-16-12-28-25(22-7-8-29-31-22)26-24(16)20(11-23(30-26)32-9-10-33-15-17(32)2)21-14-27-13-18-5-3-4-6-19(18)21/h3-8,11-14,17H,9-10,15H2,1-2H3,(H,29,31). The molecule has 1 atom stereocenters. The molecule has 5 aromatic rings. The van der Waals surface area contributed by atoms with Crippen LogP contribution in [0.5, 0.6) is 0 Å². The fraction of sp³-hybridized carbons (Fsp3) is 0.231. The van der Waals surface area contributed by atoms with Crippen LogP contribution in [0.4, 0.5) is 5.82 Å². The molecule has 164 valence electrons. The quantitative estimate of drug-likeness (QED) is 0.439. The Hall–Kier alpha value is -3.84. The predicted octanol–water partition coefficient (Wildman–Crippen LogP) is 4.77. The van der Waals surface area contributed by atoms with E-state index in [0.717, 1.165) is 56.7 Å². The molecular weight excluding hydrogens is 412 g/mol. The number of aromatic nitrogens is 5. The highest BCUT2D eigenvalue weighted by atomic mass is 16.5. The minimum absolute atomic E-state index is 0.232. The molecule has 1 saturated heterocycles. The van der Waals surface area contributed by atoms with E-state index in [9.17, 15) is 0 Å². The Labute approximate surface area is 191 Å². The molecule has 0 aliphatic carbocycles. The van der Waals surface area contributed by atoms with Crippen molar-refractivity contribution >= 4 is 27.5 Å². The number of anilines is 1. The van der Waals surface area contributed by atoms with Crippen molar-refractivity contribution < 1.29 is 4.74 Å². The van der Waals surface area contributed by atoms with Gasteiger partial charge in [-0.3, -0.25) is 15.1 Å². The fourth-order valence-corrected chi connectivity index (χ4v) is 4.73. The third-order valence-corrected chi connectivity index (χ3v) is 6.39. The molecule has 0 saturated carbocycles. The molecule has 1 unspecified atom stereocenters. The van der Waals surface area contributed by atoms with Gasteiger partial charge in [-0.05, 0) is 42.5 Å². The van der Waals surface area contributed by atoms with Crippen molar-refractivity contribution in [1.29, 1.82) is 0 Å². The maximum atomic E-state index is 5.69. The molecule has 5 heterocycles. The molecule has 7 nitrogen and oxygen atoms in total. The first-order valence-electron chi connectivity index (χ1n) is 11.2. The number of morpholine rings is 1. The second kappa shape index (κ2) is 7.94. The van der Waals surface area contributed by atoms with Crippen molar-refractivity contribution in [3.8, 4) is 22.5 Å². The van der Waals surface area contributed by atoms with Gasteiger partial charge in [0.1, 0.15) is 17.0 Å². The maximum Gasteiger partial charge on any atom is 0.130 e. The number of pyridine rings is 3. The minimum Gasteiger partial charge on any atom is -0.377 e. The number of H-pyrrole nitrogens is 1. The summed E-state index contributed by atoms with van der Waals surface area (Å²) >= 11 is 0. The summed E-state index contributed by atoms with van der Waals surface area (Å²) in [5.41, 5.74) is 5.78. The van der Waals surface area contributed by atoms with Crippen molar-refractivity contribution in [2.45, 2.75) is 19.9 Å². The van der Waals surface area contributed by atoms with E-state index in [0.29, 0.717) is 13.2 Å². The summed E-state index contributed by atoms with van der Waals surface area (Å²) in [6.07, 6.45) is 7.53. The Morgan fingerprint density at radius 2 is 2.00 bits per heavy atom. The Morgan fingerprint density at radius 3 is 2.85 bits per heavy atom. The van der Waals surface area contributed by atoms with E-state index in [-0.39, 0.29) is 6.04 Å². The number of ether oxygens (including phenoxy) is 1. The monoisotopic (exact) mass is 436 g/mol. The highest BCUT2D eigenvalue weighted by molar-refractivity contribution is 6.08. The summed E-state index contributed by atoms with van der Waals surface area (Å²) in [4.78, 5) is 16.8. The van der Waals surface area contributed by atoms with Gasteiger partial charge in [0, 0.05) is 47.7 Å². The average molecular weight is 437 g/mol. The van der Waals surface area contributed by atoms with E-state index in [4.69, 9.17) is 14.7 Å². The Balaban J connectivity index is 1.71. The van der Waals surface area contributed by atoms with Gasteiger partial charge in [0.15, 0.2) is 0 Å². The van der Waals surface area contributed by atoms with E-state index in [1.165, 1.54) is 5.39 Å². The van der Waals surface area contributed by atoms with Gasteiger partial charge in [0.2, 0.25) is 0 Å². The van der Waals surface area contributed by atoms with Crippen molar-refractivity contribution in [1.82, 2.24) is 25.1 Å². The Bertz CT molecular complexity index is 1460. The lowest BCUT2D eigenvalue weighted by atomic mass is 9.95. The molecule has 1 aromatic carbocycles. The minimum atomic E-state index is 0.232. The van der Waals surface area contributed by atoms with Crippen molar-refractivity contribution in [2.75, 3.05) is 24.7 Å². The molecule has 0 radical (unpaired) electrons. The lowest BCUT2D eigenvalue weighted by Crippen LogP contribution is -2.44. The van der Waals surface area contributed by atoms with E-state index in [1.54, 1.807) is 6.20 Å². The van der Waals surface area contributed by atoms with E-state index in [1.807, 2.05) is 30.7 Å². The first-order chi connectivity index (χ1) is 16.2. The summed E-state index contributed by atoms with van der Waals surface area (Å²) in [6.45, 7) is 6.44. The molecule has 1 aliphatic rings. The van der Waals surface area contributed by atoms with Crippen LogP contribution in [0.1, 0.15) is 12.5 Å². The van der Waals surface area contributed by atoms with Crippen LogP contribution < -0.4 is 4.90 Å². The molecule has 33 heavy (non-hydrogen) atoms. The fourth-order valence-electron chi connectivity index (χ4n) is 4.73. The van der Waals surface area contributed by atoms with Crippen molar-refractivity contribution in [2.24, 2.45) is 0 Å². The van der Waals surface area contributed by atoms with E-state index in [2.05, 4.69) is 58.2 Å². The van der Waals surface area contributed by atoms with Gasteiger partial charge in [0.05, 0.1) is 24.9 Å². The summed E-state index contributed by atoms with van der Waals surface area (Å²) in [5, 5.41) is 10.6. The van der Waals surface area contributed by atoms with Crippen LogP contribution in [0.15, 0.2) is 61.2 Å². The van der Waals surface area contributed by atoms with Gasteiger partial charge >= 0.3 is 0 Å². The van der Waals surface area contributed by atoms with Crippen LogP contribution in [0, 0.1) is 6.92 Å². The molecule has 0 bridgehead atoms. The first-order valence-corrected chi connectivity index (χ1v) is 11.2. The number of aromatic amines is 1. The van der Waals surface area contributed by atoms with Gasteiger partial charge in [-0.2, -0.15) is 5.10 Å². The summed E-state index contributed by atoms with van der Waals surface area (Å²) < 4.78 is 5.69. The van der Waals surface area contributed by atoms with E-state index < -0.39 is 0 Å². The molecule has 1 aliphatic heterocycles. The lowest BCUT2D eigenvalue weighted by molar-refractivity contribution is 0.0986. The molecule has 1 N–H and O–H groups in total. The van der Waals surface area contributed by atoms with Gasteiger partial charge in [-0.1, -0.05) is 24.3 Å². The number of benzene rings is 1. The normalized spacial score (nSPS) is 16.5. The third-order valence-electron chi connectivity index (χ3n) is 6.39. The molecule has 0 amide bonds. The second-order valence-corrected chi connectivity index (χ2v) is 8.54. The SMILES string of the molecule is Cc1cnc(-c2ccn[nH]2)c2nc(N3CCOCC3C)cc(-c3cncc4ccccc34)c12. The van der Waals surface area contributed by atoms with Crippen LogP contribution in [0.2, 0.25) is 0 Å². The summed E-state index contributed by atoms with van der Waals surface area (Å²) in [5.74, 6) is 0.925. The van der Waals surface area contributed by atoms with Crippen LogP contribution in [0.3, 0.4) is 0 Å². The Kier molecular flexibility index (Phi) is 4.77. The highest BCUT2D eigenvalue weighted by Gasteiger charge is 2.24. The number of nitrogens with one attached hydrogen (secondary N) is 1. The van der Waals surface area contributed by atoms with Gasteiger partial charge in [-0.25, -0.2) is 4.98 Å². The van der Waals surface area contributed by atoms with Gasteiger partial charge in [0.25, 0.3) is 0 Å². The number of hydrogen-bond acceptors (Lipinski definition) is 6. The number of rotatable bonds is 3. The Morgan fingerprint density at radius 1 is 1.09 bits per heavy atom.